The average Bonchev–Trinajstić information content (AvgIpc) is 2.44. The lowest BCUT2D eigenvalue weighted by atomic mass is 9.84. The number of benzene rings is 1. The highest BCUT2D eigenvalue weighted by molar-refractivity contribution is 5.96. The van der Waals surface area contributed by atoms with Crippen molar-refractivity contribution in [2.24, 2.45) is 5.92 Å². The van der Waals surface area contributed by atoms with Crippen LogP contribution in [0.25, 0.3) is 0 Å². The second-order valence-electron chi connectivity index (χ2n) is 5.35. The van der Waals surface area contributed by atoms with Crippen LogP contribution in [0.2, 0.25) is 0 Å². The molecule has 1 aliphatic carbocycles. The van der Waals surface area contributed by atoms with Crippen molar-refractivity contribution in [1.29, 1.82) is 0 Å². The van der Waals surface area contributed by atoms with Crippen molar-refractivity contribution in [2.75, 3.05) is 0 Å². The number of amides is 1. The van der Waals surface area contributed by atoms with Crippen LogP contribution in [0.4, 0.5) is 8.78 Å². The summed E-state index contributed by atoms with van der Waals surface area (Å²) in [6, 6.07) is 1.41. The molecule has 0 heterocycles. The van der Waals surface area contributed by atoms with Gasteiger partial charge in [-0.25, -0.2) is 13.6 Å². The molecule has 1 fully saturated rings. The predicted molar refractivity (Wildman–Crippen MR) is 71.8 cm³/mol. The second-order valence-corrected chi connectivity index (χ2v) is 5.35. The number of nitrogens with one attached hydrogen (secondary N) is 1. The molecule has 0 unspecified atom stereocenters. The maximum atomic E-state index is 13.1. The number of carbonyl (C=O) groups excluding carboxylic acids is 1. The SMILES string of the molecule is O=C(N[C@H](C(=O)O)C1CCCCC1)c1cc(F)cc(F)c1. The summed E-state index contributed by atoms with van der Waals surface area (Å²) >= 11 is 0. The molecule has 6 heteroatoms. The van der Waals surface area contributed by atoms with Gasteiger partial charge in [-0.2, -0.15) is 0 Å². The Morgan fingerprint density at radius 3 is 2.19 bits per heavy atom. The van der Waals surface area contributed by atoms with E-state index < -0.39 is 29.6 Å². The molecule has 0 radical (unpaired) electrons. The van der Waals surface area contributed by atoms with Crippen LogP contribution in [-0.4, -0.2) is 23.0 Å². The Labute approximate surface area is 121 Å². The Morgan fingerprint density at radius 1 is 1.10 bits per heavy atom. The molecule has 0 saturated heterocycles. The number of carboxylic acids is 1. The first-order chi connectivity index (χ1) is 9.97. The van der Waals surface area contributed by atoms with Crippen LogP contribution in [-0.2, 0) is 4.79 Å². The first kappa shape index (κ1) is 15.4. The molecule has 1 aromatic carbocycles. The van der Waals surface area contributed by atoms with E-state index in [9.17, 15) is 23.5 Å². The quantitative estimate of drug-likeness (QED) is 0.898. The number of hydrogen-bond acceptors (Lipinski definition) is 2. The smallest absolute Gasteiger partial charge is 0.326 e. The van der Waals surface area contributed by atoms with Gasteiger partial charge in [-0.05, 0) is 30.9 Å². The fourth-order valence-corrected chi connectivity index (χ4v) is 2.76. The van der Waals surface area contributed by atoms with Crippen LogP contribution in [0.1, 0.15) is 42.5 Å². The lowest BCUT2D eigenvalue weighted by Gasteiger charge is -2.28. The van der Waals surface area contributed by atoms with Crippen molar-refractivity contribution < 1.29 is 23.5 Å². The number of aliphatic carboxylic acids is 1. The standard InChI is InChI=1S/C15H17F2NO3/c16-11-6-10(7-12(17)8-11)14(19)18-13(15(20)21)9-4-2-1-3-5-9/h6-9,13H,1-5H2,(H,18,19)(H,20,21)/t13-/m0/s1. The summed E-state index contributed by atoms with van der Waals surface area (Å²) in [6.45, 7) is 0. The molecule has 0 spiro atoms. The second kappa shape index (κ2) is 6.65. The summed E-state index contributed by atoms with van der Waals surface area (Å²) in [7, 11) is 0. The third kappa shape index (κ3) is 4.00. The van der Waals surface area contributed by atoms with Crippen LogP contribution in [0.3, 0.4) is 0 Å². The Balaban J connectivity index is 2.12. The number of carboxylic acid groups (broad SMARTS) is 1. The normalized spacial score (nSPS) is 17.2. The van der Waals surface area contributed by atoms with Crippen molar-refractivity contribution in [3.63, 3.8) is 0 Å². The Morgan fingerprint density at radius 2 is 1.67 bits per heavy atom. The molecular formula is C15H17F2NO3. The number of rotatable bonds is 4. The topological polar surface area (TPSA) is 66.4 Å². The van der Waals surface area contributed by atoms with E-state index in [1.54, 1.807) is 0 Å². The van der Waals surface area contributed by atoms with E-state index in [-0.39, 0.29) is 11.5 Å². The third-order valence-corrected chi connectivity index (χ3v) is 3.80. The van der Waals surface area contributed by atoms with Gasteiger partial charge in [0, 0.05) is 11.6 Å². The predicted octanol–water partition coefficient (Wildman–Crippen LogP) is 2.73. The van der Waals surface area contributed by atoms with Crippen molar-refractivity contribution in [1.82, 2.24) is 5.32 Å². The van der Waals surface area contributed by atoms with Gasteiger partial charge in [-0.15, -0.1) is 0 Å². The molecule has 1 amide bonds. The van der Waals surface area contributed by atoms with Gasteiger partial charge in [0.1, 0.15) is 17.7 Å². The maximum absolute atomic E-state index is 13.1. The molecular weight excluding hydrogens is 280 g/mol. The summed E-state index contributed by atoms with van der Waals surface area (Å²) in [5.41, 5.74) is -0.213. The van der Waals surface area contributed by atoms with Crippen molar-refractivity contribution in [3.05, 3.63) is 35.4 Å². The zero-order valence-electron chi connectivity index (χ0n) is 11.4. The minimum Gasteiger partial charge on any atom is -0.480 e. The van der Waals surface area contributed by atoms with E-state index in [4.69, 9.17) is 0 Å². The molecule has 21 heavy (non-hydrogen) atoms. The largest absolute Gasteiger partial charge is 0.480 e. The van der Waals surface area contributed by atoms with Gasteiger partial charge in [0.05, 0.1) is 0 Å². The average molecular weight is 297 g/mol. The molecule has 0 aromatic heterocycles. The monoisotopic (exact) mass is 297 g/mol. The van der Waals surface area contributed by atoms with Gasteiger partial charge in [0.25, 0.3) is 5.91 Å². The summed E-state index contributed by atoms with van der Waals surface area (Å²) in [5, 5.41) is 11.7. The van der Waals surface area contributed by atoms with Gasteiger partial charge in [0.15, 0.2) is 0 Å². The van der Waals surface area contributed by atoms with Crippen LogP contribution in [0, 0.1) is 17.6 Å². The van der Waals surface area contributed by atoms with Crippen molar-refractivity contribution >= 4 is 11.9 Å². The molecule has 2 rings (SSSR count). The lowest BCUT2D eigenvalue weighted by Crippen LogP contribution is -2.46. The Kier molecular flexibility index (Phi) is 4.88. The van der Waals surface area contributed by atoms with E-state index in [1.807, 2.05) is 0 Å². The lowest BCUT2D eigenvalue weighted by molar-refractivity contribution is -0.141. The zero-order chi connectivity index (χ0) is 15.4. The Bertz CT molecular complexity index is 521. The van der Waals surface area contributed by atoms with Gasteiger partial charge in [0.2, 0.25) is 0 Å². The molecule has 2 N–H and O–H groups in total. The van der Waals surface area contributed by atoms with Crippen molar-refractivity contribution in [2.45, 2.75) is 38.1 Å². The summed E-state index contributed by atoms with van der Waals surface area (Å²) in [4.78, 5) is 23.3. The first-order valence-corrected chi connectivity index (χ1v) is 6.97. The highest BCUT2D eigenvalue weighted by Crippen LogP contribution is 2.27. The number of halogens is 2. The van der Waals surface area contributed by atoms with Crippen LogP contribution in [0.5, 0.6) is 0 Å². The molecule has 1 saturated carbocycles. The molecule has 1 aromatic rings. The van der Waals surface area contributed by atoms with Gasteiger partial charge < -0.3 is 10.4 Å². The molecule has 1 atom stereocenters. The highest BCUT2D eigenvalue weighted by Gasteiger charge is 2.31. The number of hydrogen-bond donors (Lipinski definition) is 2. The van der Waals surface area contributed by atoms with Crippen LogP contribution in [0.15, 0.2) is 18.2 Å². The minimum atomic E-state index is -1.12. The molecule has 114 valence electrons. The minimum absolute atomic E-state index is 0.140. The van der Waals surface area contributed by atoms with Gasteiger partial charge in [-0.1, -0.05) is 19.3 Å². The molecule has 4 nitrogen and oxygen atoms in total. The van der Waals surface area contributed by atoms with Crippen molar-refractivity contribution in [3.8, 4) is 0 Å². The van der Waals surface area contributed by atoms with Gasteiger partial charge in [-0.3, -0.25) is 4.79 Å². The van der Waals surface area contributed by atoms with Gasteiger partial charge >= 0.3 is 5.97 Å². The summed E-state index contributed by atoms with van der Waals surface area (Å²) in [6.07, 6.45) is 4.38. The third-order valence-electron chi connectivity index (χ3n) is 3.80. The zero-order valence-corrected chi connectivity index (χ0v) is 11.4. The molecule has 1 aliphatic rings. The van der Waals surface area contributed by atoms with E-state index in [0.29, 0.717) is 6.07 Å². The Hall–Kier alpha value is -1.98. The fraction of sp³-hybridized carbons (Fsp3) is 0.467. The summed E-state index contributed by atoms with van der Waals surface area (Å²) < 4.78 is 26.2. The molecule has 0 bridgehead atoms. The first-order valence-electron chi connectivity index (χ1n) is 6.97. The maximum Gasteiger partial charge on any atom is 0.326 e. The van der Waals surface area contributed by atoms with E-state index >= 15 is 0 Å². The highest BCUT2D eigenvalue weighted by atomic mass is 19.1. The van der Waals surface area contributed by atoms with E-state index in [2.05, 4.69) is 5.32 Å². The van der Waals surface area contributed by atoms with Crippen LogP contribution >= 0.6 is 0 Å². The fourth-order valence-electron chi connectivity index (χ4n) is 2.76. The van der Waals surface area contributed by atoms with Crippen LogP contribution < -0.4 is 5.32 Å². The van der Waals surface area contributed by atoms with E-state index in [1.165, 1.54) is 0 Å². The summed E-state index contributed by atoms with van der Waals surface area (Å²) in [5.74, 6) is -3.77. The van der Waals surface area contributed by atoms with E-state index in [0.717, 1.165) is 44.2 Å². The number of carbonyl (C=O) groups is 2. The molecule has 0 aliphatic heterocycles.